The molecular formula is C13H19N3O4. The van der Waals surface area contributed by atoms with Crippen molar-refractivity contribution in [1.82, 2.24) is 14.7 Å². The lowest BCUT2D eigenvalue weighted by Gasteiger charge is -2.37. The molecule has 110 valence electrons. The van der Waals surface area contributed by atoms with Crippen molar-refractivity contribution in [1.29, 1.82) is 0 Å². The van der Waals surface area contributed by atoms with Gasteiger partial charge in [0, 0.05) is 45.4 Å². The van der Waals surface area contributed by atoms with Crippen LogP contribution in [0.3, 0.4) is 0 Å². The van der Waals surface area contributed by atoms with Crippen LogP contribution in [-0.2, 0) is 19.2 Å². The molecule has 1 unspecified atom stereocenters. The minimum Gasteiger partial charge on any atom is -0.340 e. The van der Waals surface area contributed by atoms with Crippen LogP contribution in [0, 0.1) is 0 Å². The molecule has 0 aromatic heterocycles. The smallest absolute Gasteiger partial charge is 0.242 e. The van der Waals surface area contributed by atoms with E-state index in [1.807, 2.05) is 6.92 Å². The first-order valence-corrected chi connectivity index (χ1v) is 6.76. The molecule has 2 heterocycles. The summed E-state index contributed by atoms with van der Waals surface area (Å²) in [6, 6.07) is -0.0183. The number of carbonyl (C=O) groups is 4. The number of hydrogen-bond donors (Lipinski definition) is 0. The summed E-state index contributed by atoms with van der Waals surface area (Å²) in [6.45, 7) is 2.56. The highest BCUT2D eigenvalue weighted by atomic mass is 16.2. The average molecular weight is 281 g/mol. The molecule has 0 bridgehead atoms. The fourth-order valence-electron chi connectivity index (χ4n) is 2.45. The summed E-state index contributed by atoms with van der Waals surface area (Å²) in [5.74, 6) is -0.715. The standard InChI is InChI=1S/C13H19N3O4/c1-9-7-15(8-13(20)14(9)2)10(17)5-6-16-11(18)3-4-12(16)19/h9H,3-8H2,1-2H3. The lowest BCUT2D eigenvalue weighted by atomic mass is 10.2. The Labute approximate surface area is 117 Å². The van der Waals surface area contributed by atoms with Crippen LogP contribution in [0.2, 0.25) is 0 Å². The van der Waals surface area contributed by atoms with Gasteiger partial charge in [-0.3, -0.25) is 24.1 Å². The lowest BCUT2D eigenvalue weighted by Crippen LogP contribution is -2.55. The molecule has 0 aromatic rings. The number of carbonyl (C=O) groups excluding carboxylic acids is 4. The molecular weight excluding hydrogens is 262 g/mol. The van der Waals surface area contributed by atoms with Gasteiger partial charge in [-0.2, -0.15) is 0 Å². The van der Waals surface area contributed by atoms with E-state index in [0.717, 1.165) is 4.90 Å². The number of piperazine rings is 1. The number of imide groups is 1. The maximum atomic E-state index is 12.1. The molecule has 2 aliphatic heterocycles. The van der Waals surface area contributed by atoms with Gasteiger partial charge in [-0.15, -0.1) is 0 Å². The van der Waals surface area contributed by atoms with E-state index in [1.165, 1.54) is 4.90 Å². The van der Waals surface area contributed by atoms with Gasteiger partial charge in [0.05, 0.1) is 6.54 Å². The van der Waals surface area contributed by atoms with E-state index in [2.05, 4.69) is 0 Å². The molecule has 0 aliphatic carbocycles. The fourth-order valence-corrected chi connectivity index (χ4v) is 2.45. The largest absolute Gasteiger partial charge is 0.340 e. The van der Waals surface area contributed by atoms with Gasteiger partial charge in [0.2, 0.25) is 23.6 Å². The van der Waals surface area contributed by atoms with Crippen molar-refractivity contribution in [2.45, 2.75) is 32.2 Å². The molecule has 7 heteroatoms. The summed E-state index contributed by atoms with van der Waals surface area (Å²) >= 11 is 0. The van der Waals surface area contributed by atoms with Crippen molar-refractivity contribution in [2.75, 3.05) is 26.7 Å². The Kier molecular flexibility index (Phi) is 4.06. The first-order chi connectivity index (χ1) is 9.40. The summed E-state index contributed by atoms with van der Waals surface area (Å²) in [4.78, 5) is 50.9. The van der Waals surface area contributed by atoms with Crippen LogP contribution in [-0.4, -0.2) is 71.1 Å². The molecule has 2 saturated heterocycles. The quantitative estimate of drug-likeness (QED) is 0.635. The summed E-state index contributed by atoms with van der Waals surface area (Å²) < 4.78 is 0. The number of hydrogen-bond acceptors (Lipinski definition) is 4. The Bertz CT molecular complexity index is 447. The molecule has 1 atom stereocenters. The van der Waals surface area contributed by atoms with Crippen molar-refractivity contribution in [3.8, 4) is 0 Å². The minimum absolute atomic E-state index is 0.0183. The zero-order chi connectivity index (χ0) is 14.9. The summed E-state index contributed by atoms with van der Waals surface area (Å²) in [5.41, 5.74) is 0. The average Bonchev–Trinajstić information content (AvgIpc) is 2.72. The first-order valence-electron chi connectivity index (χ1n) is 6.76. The van der Waals surface area contributed by atoms with Gasteiger partial charge < -0.3 is 9.80 Å². The van der Waals surface area contributed by atoms with E-state index >= 15 is 0 Å². The molecule has 0 N–H and O–H groups in total. The highest BCUT2D eigenvalue weighted by molar-refractivity contribution is 6.02. The van der Waals surface area contributed by atoms with E-state index < -0.39 is 0 Å². The second-order valence-electron chi connectivity index (χ2n) is 5.32. The normalized spacial score (nSPS) is 23.8. The first kappa shape index (κ1) is 14.5. The van der Waals surface area contributed by atoms with Crippen LogP contribution in [0.25, 0.3) is 0 Å². The van der Waals surface area contributed by atoms with Crippen LogP contribution >= 0.6 is 0 Å². The predicted octanol–water partition coefficient (Wildman–Crippen LogP) is -0.785. The predicted molar refractivity (Wildman–Crippen MR) is 69.4 cm³/mol. The summed E-state index contributed by atoms with van der Waals surface area (Å²) in [7, 11) is 1.72. The zero-order valence-electron chi connectivity index (χ0n) is 11.8. The zero-order valence-corrected chi connectivity index (χ0v) is 11.8. The second kappa shape index (κ2) is 5.60. The third-order valence-corrected chi connectivity index (χ3v) is 3.92. The maximum Gasteiger partial charge on any atom is 0.242 e. The monoisotopic (exact) mass is 281 g/mol. The van der Waals surface area contributed by atoms with Gasteiger partial charge in [-0.25, -0.2) is 0 Å². The second-order valence-corrected chi connectivity index (χ2v) is 5.32. The van der Waals surface area contributed by atoms with Crippen molar-refractivity contribution >= 4 is 23.6 Å². The van der Waals surface area contributed by atoms with Gasteiger partial charge in [0.15, 0.2) is 0 Å². The molecule has 20 heavy (non-hydrogen) atoms. The van der Waals surface area contributed by atoms with Crippen LogP contribution in [0.1, 0.15) is 26.2 Å². The minimum atomic E-state index is -0.217. The molecule has 2 fully saturated rings. The Morgan fingerprint density at radius 3 is 2.30 bits per heavy atom. The van der Waals surface area contributed by atoms with Crippen LogP contribution in [0.5, 0.6) is 0 Å². The van der Waals surface area contributed by atoms with E-state index in [9.17, 15) is 19.2 Å². The van der Waals surface area contributed by atoms with E-state index in [0.29, 0.717) is 6.54 Å². The number of amides is 4. The number of rotatable bonds is 3. The number of nitrogens with zero attached hydrogens (tertiary/aromatic N) is 3. The van der Waals surface area contributed by atoms with E-state index in [1.54, 1.807) is 11.9 Å². The van der Waals surface area contributed by atoms with E-state index in [4.69, 9.17) is 0 Å². The van der Waals surface area contributed by atoms with Crippen molar-refractivity contribution < 1.29 is 19.2 Å². The van der Waals surface area contributed by atoms with Gasteiger partial charge in [0.25, 0.3) is 0 Å². The molecule has 0 radical (unpaired) electrons. The molecule has 4 amide bonds. The van der Waals surface area contributed by atoms with Crippen LogP contribution in [0.15, 0.2) is 0 Å². The number of likely N-dealkylation sites (tertiary alicyclic amines) is 1. The van der Waals surface area contributed by atoms with Crippen molar-refractivity contribution in [3.63, 3.8) is 0 Å². The SMILES string of the molecule is CC1CN(C(=O)CCN2C(=O)CCC2=O)CC(=O)N1C. The Balaban J connectivity index is 1.88. The van der Waals surface area contributed by atoms with Gasteiger partial charge in [-0.05, 0) is 6.92 Å². The molecule has 0 aromatic carbocycles. The molecule has 0 saturated carbocycles. The highest BCUT2D eigenvalue weighted by Gasteiger charge is 2.32. The van der Waals surface area contributed by atoms with Gasteiger partial charge in [0.1, 0.15) is 0 Å². The fraction of sp³-hybridized carbons (Fsp3) is 0.692. The third kappa shape index (κ3) is 2.81. The number of likely N-dealkylation sites (N-methyl/N-ethyl adjacent to an activating group) is 1. The van der Waals surface area contributed by atoms with Crippen LogP contribution < -0.4 is 0 Å². The van der Waals surface area contributed by atoms with Crippen molar-refractivity contribution in [3.05, 3.63) is 0 Å². The summed E-state index contributed by atoms with van der Waals surface area (Å²) in [5, 5.41) is 0. The van der Waals surface area contributed by atoms with E-state index in [-0.39, 0.29) is 62.0 Å². The topological polar surface area (TPSA) is 78.0 Å². The Morgan fingerprint density at radius 2 is 1.75 bits per heavy atom. The molecule has 2 aliphatic rings. The maximum absolute atomic E-state index is 12.1. The lowest BCUT2D eigenvalue weighted by molar-refractivity contribution is -0.147. The van der Waals surface area contributed by atoms with Gasteiger partial charge >= 0.3 is 0 Å². The van der Waals surface area contributed by atoms with Crippen LogP contribution in [0.4, 0.5) is 0 Å². The molecule has 2 rings (SSSR count). The summed E-state index contributed by atoms with van der Waals surface area (Å²) in [6.07, 6.45) is 0.551. The third-order valence-electron chi connectivity index (χ3n) is 3.92. The highest BCUT2D eigenvalue weighted by Crippen LogP contribution is 2.14. The van der Waals surface area contributed by atoms with Crippen molar-refractivity contribution in [2.24, 2.45) is 0 Å². The van der Waals surface area contributed by atoms with Gasteiger partial charge in [-0.1, -0.05) is 0 Å². The molecule has 7 nitrogen and oxygen atoms in total. The Hall–Kier alpha value is -1.92. The Morgan fingerprint density at radius 1 is 1.15 bits per heavy atom. The molecule has 0 spiro atoms.